The zero-order chi connectivity index (χ0) is 10.6. The van der Waals surface area contributed by atoms with Gasteiger partial charge in [0.1, 0.15) is 0 Å². The molecule has 0 radical (unpaired) electrons. The number of rotatable bonds is 5. The minimum Gasteiger partial charge on any atom is -0.472 e. The van der Waals surface area contributed by atoms with E-state index < -0.39 is 5.54 Å². The first-order chi connectivity index (χ1) is 6.61. The highest BCUT2D eigenvalue weighted by Crippen LogP contribution is 2.16. The monoisotopic (exact) mass is 199 g/mol. The molecule has 1 heterocycles. The van der Waals surface area contributed by atoms with Gasteiger partial charge in [0, 0.05) is 11.6 Å². The van der Waals surface area contributed by atoms with E-state index in [0.29, 0.717) is 0 Å². The molecule has 0 aliphatic heterocycles. The molecule has 4 heteroatoms. The first kappa shape index (κ1) is 11.2. The maximum absolute atomic E-state index is 9.09. The van der Waals surface area contributed by atoms with E-state index >= 15 is 0 Å². The van der Waals surface area contributed by atoms with E-state index in [1.54, 1.807) is 19.5 Å². The van der Waals surface area contributed by atoms with Crippen molar-refractivity contribution in [3.63, 3.8) is 0 Å². The van der Waals surface area contributed by atoms with Gasteiger partial charge in [0.15, 0.2) is 0 Å². The van der Waals surface area contributed by atoms with Crippen molar-refractivity contribution in [3.8, 4) is 0 Å². The summed E-state index contributed by atoms with van der Waals surface area (Å²) in [6, 6.07) is 1.89. The van der Waals surface area contributed by atoms with Gasteiger partial charge < -0.3 is 19.9 Å². The summed E-state index contributed by atoms with van der Waals surface area (Å²) < 4.78 is 4.95. The van der Waals surface area contributed by atoms with Crippen LogP contribution in [0.15, 0.2) is 23.0 Å². The van der Waals surface area contributed by atoms with Gasteiger partial charge in [-0.25, -0.2) is 0 Å². The maximum atomic E-state index is 9.09. The van der Waals surface area contributed by atoms with Crippen LogP contribution in [0.1, 0.15) is 25.5 Å². The quantitative estimate of drug-likeness (QED) is 0.652. The van der Waals surface area contributed by atoms with Crippen LogP contribution in [0.2, 0.25) is 0 Å². The second-order valence-electron chi connectivity index (χ2n) is 3.80. The highest BCUT2D eigenvalue weighted by Gasteiger charge is 2.24. The fourth-order valence-corrected chi connectivity index (χ4v) is 1.27. The van der Waals surface area contributed by atoms with Crippen molar-refractivity contribution in [2.75, 3.05) is 13.2 Å². The third-order valence-corrected chi connectivity index (χ3v) is 2.31. The van der Waals surface area contributed by atoms with Crippen LogP contribution in [0.4, 0.5) is 0 Å². The highest BCUT2D eigenvalue weighted by molar-refractivity contribution is 5.11. The second-order valence-corrected chi connectivity index (χ2v) is 3.80. The molecule has 0 aliphatic rings. The van der Waals surface area contributed by atoms with E-state index in [1.807, 2.05) is 13.0 Å². The number of hydrogen-bond acceptors (Lipinski definition) is 4. The summed E-state index contributed by atoms with van der Waals surface area (Å²) in [5.41, 5.74) is 0.342. The molecule has 0 bridgehead atoms. The molecule has 1 atom stereocenters. The van der Waals surface area contributed by atoms with Gasteiger partial charge in [-0.1, -0.05) is 0 Å². The molecular weight excluding hydrogens is 182 g/mol. The van der Waals surface area contributed by atoms with Gasteiger partial charge in [-0.2, -0.15) is 0 Å². The van der Waals surface area contributed by atoms with Crippen molar-refractivity contribution in [2.45, 2.75) is 25.4 Å². The standard InChI is InChI=1S/C10H17NO3/c1-8(9-3-4-14-5-9)11-10(2,6-12)7-13/h3-5,8,11-13H,6-7H2,1-2H3. The van der Waals surface area contributed by atoms with Crippen molar-refractivity contribution in [3.05, 3.63) is 24.2 Å². The fraction of sp³-hybridized carbons (Fsp3) is 0.600. The van der Waals surface area contributed by atoms with Crippen LogP contribution in [-0.4, -0.2) is 29.0 Å². The lowest BCUT2D eigenvalue weighted by atomic mass is 10.0. The minimum absolute atomic E-state index is 0.0399. The Labute approximate surface area is 83.6 Å². The Morgan fingerprint density at radius 1 is 1.50 bits per heavy atom. The molecule has 0 aromatic carbocycles. The number of nitrogens with one attached hydrogen (secondary N) is 1. The van der Waals surface area contributed by atoms with E-state index in [0.717, 1.165) is 5.56 Å². The van der Waals surface area contributed by atoms with Crippen molar-refractivity contribution < 1.29 is 14.6 Å². The lowest BCUT2D eigenvalue weighted by Crippen LogP contribution is -2.49. The zero-order valence-electron chi connectivity index (χ0n) is 8.53. The van der Waals surface area contributed by atoms with Crippen molar-refractivity contribution in [1.29, 1.82) is 0 Å². The lowest BCUT2D eigenvalue weighted by molar-refractivity contribution is 0.0957. The van der Waals surface area contributed by atoms with Crippen molar-refractivity contribution in [2.24, 2.45) is 0 Å². The first-order valence-corrected chi connectivity index (χ1v) is 4.63. The van der Waals surface area contributed by atoms with Gasteiger partial charge in [0.2, 0.25) is 0 Å². The molecule has 0 saturated heterocycles. The molecule has 1 unspecified atom stereocenters. The van der Waals surface area contributed by atoms with E-state index in [4.69, 9.17) is 14.6 Å². The molecule has 0 saturated carbocycles. The second kappa shape index (κ2) is 4.59. The Morgan fingerprint density at radius 3 is 2.57 bits per heavy atom. The summed E-state index contributed by atoms with van der Waals surface area (Å²) in [6.45, 7) is 3.51. The number of aliphatic hydroxyl groups excluding tert-OH is 2. The molecule has 80 valence electrons. The van der Waals surface area contributed by atoms with Gasteiger partial charge in [-0.15, -0.1) is 0 Å². The largest absolute Gasteiger partial charge is 0.472 e. The zero-order valence-corrected chi connectivity index (χ0v) is 8.53. The van der Waals surface area contributed by atoms with E-state index in [2.05, 4.69) is 5.32 Å². The molecule has 1 aromatic rings. The summed E-state index contributed by atoms with van der Waals surface area (Å²) in [7, 11) is 0. The molecular formula is C10H17NO3. The Balaban J connectivity index is 2.60. The third kappa shape index (κ3) is 2.57. The maximum Gasteiger partial charge on any atom is 0.0950 e. The molecule has 1 aromatic heterocycles. The average molecular weight is 199 g/mol. The molecule has 4 nitrogen and oxygen atoms in total. The Morgan fingerprint density at radius 2 is 2.14 bits per heavy atom. The van der Waals surface area contributed by atoms with Crippen molar-refractivity contribution >= 4 is 0 Å². The highest BCUT2D eigenvalue weighted by atomic mass is 16.3. The van der Waals surface area contributed by atoms with E-state index in [-0.39, 0.29) is 19.3 Å². The molecule has 14 heavy (non-hydrogen) atoms. The van der Waals surface area contributed by atoms with Crippen LogP contribution in [-0.2, 0) is 0 Å². The van der Waals surface area contributed by atoms with Gasteiger partial charge in [0.05, 0.1) is 31.3 Å². The summed E-state index contributed by atoms with van der Waals surface area (Å²) >= 11 is 0. The lowest BCUT2D eigenvalue weighted by Gasteiger charge is -2.29. The third-order valence-electron chi connectivity index (χ3n) is 2.31. The topological polar surface area (TPSA) is 65.6 Å². The summed E-state index contributed by atoms with van der Waals surface area (Å²) in [5.74, 6) is 0. The predicted octanol–water partition coefficient (Wildman–Crippen LogP) is 0.673. The molecule has 0 amide bonds. The van der Waals surface area contributed by atoms with Gasteiger partial charge in [-0.05, 0) is 19.9 Å². The SMILES string of the molecule is CC(NC(C)(CO)CO)c1ccoc1. The van der Waals surface area contributed by atoms with Crippen LogP contribution in [0.25, 0.3) is 0 Å². The molecule has 1 rings (SSSR count). The fourth-order valence-electron chi connectivity index (χ4n) is 1.27. The van der Waals surface area contributed by atoms with Gasteiger partial charge >= 0.3 is 0 Å². The normalized spacial score (nSPS) is 14.3. The van der Waals surface area contributed by atoms with Crippen LogP contribution in [0.3, 0.4) is 0 Å². The van der Waals surface area contributed by atoms with Gasteiger partial charge in [-0.3, -0.25) is 0 Å². The summed E-state index contributed by atoms with van der Waals surface area (Å²) in [5, 5.41) is 21.3. The number of hydrogen-bond donors (Lipinski definition) is 3. The molecule has 3 N–H and O–H groups in total. The van der Waals surface area contributed by atoms with E-state index in [9.17, 15) is 0 Å². The molecule has 0 aliphatic carbocycles. The first-order valence-electron chi connectivity index (χ1n) is 4.63. The van der Waals surface area contributed by atoms with Crippen LogP contribution < -0.4 is 5.32 Å². The van der Waals surface area contributed by atoms with Crippen LogP contribution in [0.5, 0.6) is 0 Å². The number of aliphatic hydroxyl groups is 2. The Bertz CT molecular complexity index is 254. The predicted molar refractivity (Wildman–Crippen MR) is 52.8 cm³/mol. The molecule has 0 fully saturated rings. The summed E-state index contributed by atoms with van der Waals surface area (Å²) in [4.78, 5) is 0. The van der Waals surface area contributed by atoms with Crippen LogP contribution in [0, 0.1) is 0 Å². The minimum atomic E-state index is -0.656. The number of furan rings is 1. The average Bonchev–Trinajstić information content (AvgIpc) is 2.70. The van der Waals surface area contributed by atoms with Gasteiger partial charge in [0.25, 0.3) is 0 Å². The Kier molecular flexibility index (Phi) is 3.69. The smallest absolute Gasteiger partial charge is 0.0950 e. The van der Waals surface area contributed by atoms with Crippen molar-refractivity contribution in [1.82, 2.24) is 5.32 Å². The van der Waals surface area contributed by atoms with E-state index in [1.165, 1.54) is 0 Å². The van der Waals surface area contributed by atoms with Crippen LogP contribution >= 0.6 is 0 Å². The summed E-state index contributed by atoms with van der Waals surface area (Å²) in [6.07, 6.45) is 3.25. The Hall–Kier alpha value is -0.840. The molecule has 0 spiro atoms.